The summed E-state index contributed by atoms with van der Waals surface area (Å²) in [5, 5.41) is 0. The molecule has 0 heterocycles. The van der Waals surface area contributed by atoms with Crippen LogP contribution in [0.2, 0.25) is 0 Å². The van der Waals surface area contributed by atoms with Crippen molar-refractivity contribution in [3.05, 3.63) is 49.1 Å². The van der Waals surface area contributed by atoms with Crippen molar-refractivity contribution in [2.75, 3.05) is 40.5 Å². The summed E-state index contributed by atoms with van der Waals surface area (Å²) in [6, 6.07) is 0. The van der Waals surface area contributed by atoms with Crippen LogP contribution in [0.5, 0.6) is 0 Å². The lowest BCUT2D eigenvalue weighted by Gasteiger charge is -2.20. The Bertz CT molecular complexity index is 1200. The van der Waals surface area contributed by atoms with E-state index in [2.05, 4.69) is 56.9 Å². The van der Waals surface area contributed by atoms with Gasteiger partial charge in [0.15, 0.2) is 6.10 Å². The monoisotopic (exact) mass is 888 g/mol. The van der Waals surface area contributed by atoms with Crippen molar-refractivity contribution in [1.29, 1.82) is 0 Å². The van der Waals surface area contributed by atoms with Crippen LogP contribution in [0.25, 0.3) is 0 Å². The van der Waals surface area contributed by atoms with E-state index >= 15 is 0 Å². The molecule has 0 bridgehead atoms. The highest BCUT2D eigenvalue weighted by Crippen LogP contribution is 2.18. The maximum Gasteiger partial charge on any atom is 0.508 e. The Balaban J connectivity index is 5.03. The molecule has 0 aliphatic rings. The second-order valence-corrected chi connectivity index (χ2v) is 17.2. The molecule has 0 aliphatic heterocycles. The van der Waals surface area contributed by atoms with Crippen LogP contribution < -0.4 is 0 Å². The molecule has 10 heteroatoms. The van der Waals surface area contributed by atoms with Crippen LogP contribution >= 0.6 is 0 Å². The summed E-state index contributed by atoms with van der Waals surface area (Å²) in [6.45, 7) is 8.78. The lowest BCUT2D eigenvalue weighted by Crippen LogP contribution is -2.31. The number of esters is 3. The molecule has 0 rings (SSSR count). The van der Waals surface area contributed by atoms with Crippen LogP contribution in [0.1, 0.15) is 213 Å². The van der Waals surface area contributed by atoms with Gasteiger partial charge in [-0.1, -0.05) is 153 Å². The average Bonchev–Trinajstić information content (AvgIpc) is 3.26. The Morgan fingerprint density at radius 1 is 0.492 bits per heavy atom. The molecule has 0 aromatic carbocycles. The number of carbonyl (C=O) groups is 4. The maximum absolute atomic E-state index is 13.2. The number of hydrogen-bond acceptors (Lipinski definition) is 10. The third-order valence-corrected chi connectivity index (χ3v) is 10.8. The summed E-state index contributed by atoms with van der Waals surface area (Å²) in [6.07, 6.45) is 42.0. The number of carbonyl (C=O) groups excluding carboxylic acids is 4. The zero-order valence-corrected chi connectivity index (χ0v) is 40.8. The molecule has 0 spiro atoms. The highest BCUT2D eigenvalue weighted by Gasteiger charge is 2.22. The van der Waals surface area contributed by atoms with Gasteiger partial charge in [-0.15, -0.1) is 6.58 Å². The largest absolute Gasteiger partial charge is 0.508 e. The van der Waals surface area contributed by atoms with Crippen LogP contribution in [0, 0.1) is 0 Å². The van der Waals surface area contributed by atoms with Gasteiger partial charge in [-0.05, 0) is 97.6 Å². The van der Waals surface area contributed by atoms with Gasteiger partial charge >= 0.3 is 24.1 Å². The van der Waals surface area contributed by atoms with Gasteiger partial charge in [-0.25, -0.2) is 4.79 Å². The van der Waals surface area contributed by atoms with Gasteiger partial charge in [0, 0.05) is 25.8 Å². The van der Waals surface area contributed by atoms with E-state index in [-0.39, 0.29) is 57.4 Å². The van der Waals surface area contributed by atoms with Crippen LogP contribution in [0.4, 0.5) is 4.79 Å². The first-order valence-corrected chi connectivity index (χ1v) is 25.3. The van der Waals surface area contributed by atoms with Crippen molar-refractivity contribution < 1.29 is 42.9 Å². The lowest BCUT2D eigenvalue weighted by molar-refractivity contribution is -0.167. The molecule has 0 N–H and O–H groups in total. The normalized spacial score (nSPS) is 12.6. The smallest absolute Gasteiger partial charge is 0.462 e. The van der Waals surface area contributed by atoms with Crippen molar-refractivity contribution in [1.82, 2.24) is 4.90 Å². The minimum absolute atomic E-state index is 0.00956. The SMILES string of the molecule is C=CCCCCCCCC(=O)OCC(COC(=O)CCCCCCC/C=C\C/C=C\C/C=C\CC)OC(=O)CCC(CCCCCCCCCCCC)OC(=O)OCCCN(C)C. The molecule has 0 aliphatic carbocycles. The molecule has 0 aromatic rings. The minimum atomic E-state index is -0.936. The van der Waals surface area contributed by atoms with Crippen LogP contribution in [-0.4, -0.2) is 81.6 Å². The molecule has 0 amide bonds. The first-order chi connectivity index (χ1) is 30.7. The highest BCUT2D eigenvalue weighted by molar-refractivity contribution is 5.71. The quantitative estimate of drug-likeness (QED) is 0.0253. The van der Waals surface area contributed by atoms with Crippen LogP contribution in [0.3, 0.4) is 0 Å². The molecule has 0 saturated carbocycles. The van der Waals surface area contributed by atoms with E-state index in [0.717, 1.165) is 122 Å². The standard InChI is InChI=1S/C53H93NO9/c1-6-9-12-15-18-20-22-23-24-25-26-28-31-34-37-41-51(56)61-47-49(46-60-50(55)40-36-33-29-17-14-11-8-3)62-52(57)43-42-48(63-53(58)59-45-38-44-54(4)5)39-35-32-30-27-21-19-16-13-10-7-2/h8-9,12,18,20,23-24,48-49H,3,6-7,10-11,13-17,19,21-22,25-47H2,1-2,4-5H3/b12-9-,20-18-,24-23-. The third-order valence-electron chi connectivity index (χ3n) is 10.8. The van der Waals surface area contributed by atoms with Crippen LogP contribution in [-0.2, 0) is 38.1 Å². The predicted molar refractivity (Wildman–Crippen MR) is 259 cm³/mol. The van der Waals surface area contributed by atoms with Gasteiger partial charge in [-0.2, -0.15) is 0 Å². The lowest BCUT2D eigenvalue weighted by atomic mass is 10.0. The number of rotatable bonds is 45. The Morgan fingerprint density at radius 3 is 1.56 bits per heavy atom. The van der Waals surface area contributed by atoms with Crippen molar-refractivity contribution >= 4 is 24.1 Å². The third kappa shape index (κ3) is 45.0. The van der Waals surface area contributed by atoms with Crippen molar-refractivity contribution in [2.24, 2.45) is 0 Å². The zero-order chi connectivity index (χ0) is 46.3. The number of ether oxygens (including phenoxy) is 5. The van der Waals surface area contributed by atoms with Gasteiger partial charge in [0.2, 0.25) is 0 Å². The fourth-order valence-corrected chi connectivity index (χ4v) is 6.96. The van der Waals surface area contributed by atoms with Gasteiger partial charge in [0.25, 0.3) is 0 Å². The number of hydrogen-bond donors (Lipinski definition) is 0. The molecule has 0 radical (unpaired) electrons. The van der Waals surface area contributed by atoms with E-state index < -0.39 is 24.3 Å². The van der Waals surface area contributed by atoms with Crippen LogP contribution in [0.15, 0.2) is 49.1 Å². The van der Waals surface area contributed by atoms with Crippen molar-refractivity contribution in [3.8, 4) is 0 Å². The molecular weight excluding hydrogens is 795 g/mol. The minimum Gasteiger partial charge on any atom is -0.462 e. The highest BCUT2D eigenvalue weighted by atomic mass is 16.7. The van der Waals surface area contributed by atoms with E-state index in [1.165, 1.54) is 44.9 Å². The average molecular weight is 888 g/mol. The Kier molecular flexibility index (Phi) is 44.1. The first-order valence-electron chi connectivity index (χ1n) is 25.3. The van der Waals surface area contributed by atoms with E-state index in [9.17, 15) is 19.2 Å². The summed E-state index contributed by atoms with van der Waals surface area (Å²) in [5.74, 6) is -1.27. The van der Waals surface area contributed by atoms with E-state index in [1.54, 1.807) is 0 Å². The summed E-state index contributed by atoms with van der Waals surface area (Å²) < 4.78 is 27.8. The molecule has 2 atom stereocenters. The summed E-state index contributed by atoms with van der Waals surface area (Å²) >= 11 is 0. The topological polar surface area (TPSA) is 118 Å². The number of nitrogens with zero attached hydrogens (tertiary/aromatic N) is 1. The molecule has 0 saturated heterocycles. The van der Waals surface area contributed by atoms with Crippen molar-refractivity contribution in [3.63, 3.8) is 0 Å². The Hall–Kier alpha value is -3.40. The molecule has 364 valence electrons. The van der Waals surface area contributed by atoms with Gasteiger partial charge in [0.1, 0.15) is 19.3 Å². The fourth-order valence-electron chi connectivity index (χ4n) is 6.96. The van der Waals surface area contributed by atoms with Crippen molar-refractivity contribution in [2.45, 2.75) is 225 Å². The summed E-state index contributed by atoms with van der Waals surface area (Å²) in [7, 11) is 3.93. The number of unbranched alkanes of at least 4 members (excludes halogenated alkanes) is 19. The Morgan fingerprint density at radius 2 is 1.00 bits per heavy atom. The molecular formula is C53H93NO9. The second-order valence-electron chi connectivity index (χ2n) is 17.2. The molecule has 10 nitrogen and oxygen atoms in total. The molecule has 0 fully saturated rings. The summed E-state index contributed by atoms with van der Waals surface area (Å²) in [4.78, 5) is 53.1. The Labute approximate surface area is 385 Å². The second kappa shape index (κ2) is 46.6. The molecule has 63 heavy (non-hydrogen) atoms. The molecule has 2 unspecified atom stereocenters. The zero-order valence-electron chi connectivity index (χ0n) is 40.8. The predicted octanol–water partition coefficient (Wildman–Crippen LogP) is 14.1. The summed E-state index contributed by atoms with van der Waals surface area (Å²) in [5.41, 5.74) is 0. The maximum atomic E-state index is 13.2. The van der Waals surface area contributed by atoms with Gasteiger partial charge in [-0.3, -0.25) is 14.4 Å². The first kappa shape index (κ1) is 59.6. The van der Waals surface area contributed by atoms with Gasteiger partial charge in [0.05, 0.1) is 6.61 Å². The van der Waals surface area contributed by atoms with E-state index in [0.29, 0.717) is 12.8 Å². The van der Waals surface area contributed by atoms with E-state index in [4.69, 9.17) is 23.7 Å². The van der Waals surface area contributed by atoms with Gasteiger partial charge < -0.3 is 28.6 Å². The van der Waals surface area contributed by atoms with E-state index in [1.807, 2.05) is 25.1 Å². The molecule has 0 aromatic heterocycles. The number of allylic oxidation sites excluding steroid dienone is 7. The fraction of sp³-hybridized carbons (Fsp3) is 0.774.